The van der Waals surface area contributed by atoms with E-state index in [1.165, 1.54) is 13.2 Å². The first-order valence-corrected chi connectivity index (χ1v) is 6.00. The van der Waals surface area contributed by atoms with Crippen LogP contribution in [0.4, 0.5) is 0 Å². The quantitative estimate of drug-likeness (QED) is 0.930. The van der Waals surface area contributed by atoms with Crippen molar-refractivity contribution in [2.24, 2.45) is 0 Å². The molecule has 0 spiro atoms. The molecule has 5 heteroatoms. The van der Waals surface area contributed by atoms with Crippen molar-refractivity contribution in [2.45, 2.75) is 0 Å². The minimum absolute atomic E-state index is 0.184. The molecule has 1 aliphatic rings. The fourth-order valence-corrected chi connectivity index (χ4v) is 2.14. The molecule has 0 saturated heterocycles. The van der Waals surface area contributed by atoms with Gasteiger partial charge in [-0.1, -0.05) is 6.07 Å². The summed E-state index contributed by atoms with van der Waals surface area (Å²) in [4.78, 5) is 11.4. The number of hydrogen-bond donors (Lipinski definition) is 1. The molecule has 1 N–H and O–H groups in total. The van der Waals surface area contributed by atoms with Gasteiger partial charge in [0.25, 0.3) is 0 Å². The van der Waals surface area contributed by atoms with Gasteiger partial charge in [0, 0.05) is 0 Å². The Morgan fingerprint density at radius 1 is 1.15 bits per heavy atom. The number of rotatable bonds is 3. The molecule has 0 aliphatic carbocycles. The van der Waals surface area contributed by atoms with Gasteiger partial charge >= 0.3 is 5.97 Å². The van der Waals surface area contributed by atoms with Crippen molar-refractivity contribution in [3.63, 3.8) is 0 Å². The van der Waals surface area contributed by atoms with E-state index in [0.29, 0.717) is 22.8 Å². The molecule has 0 radical (unpaired) electrons. The number of hydrogen-bond acceptors (Lipinski definition) is 4. The Labute approximate surface area is 115 Å². The van der Waals surface area contributed by atoms with Crippen LogP contribution in [-0.4, -0.2) is 25.0 Å². The van der Waals surface area contributed by atoms with Gasteiger partial charge in [0.05, 0.1) is 12.7 Å². The van der Waals surface area contributed by atoms with Crippen molar-refractivity contribution >= 4 is 5.97 Å². The minimum Gasteiger partial charge on any atom is -0.497 e. The summed E-state index contributed by atoms with van der Waals surface area (Å²) in [5.74, 6) is 0.789. The van der Waals surface area contributed by atoms with Crippen molar-refractivity contribution < 1.29 is 24.1 Å². The predicted octanol–water partition coefficient (Wildman–Crippen LogP) is 2.79. The fourth-order valence-electron chi connectivity index (χ4n) is 2.14. The molecule has 0 bridgehead atoms. The number of fused-ring (bicyclic) bond motifs is 1. The van der Waals surface area contributed by atoms with E-state index in [0.717, 1.165) is 5.56 Å². The van der Waals surface area contributed by atoms with Gasteiger partial charge < -0.3 is 19.3 Å². The lowest BCUT2D eigenvalue weighted by atomic mass is 9.99. The fraction of sp³-hybridized carbons (Fsp3) is 0.133. The van der Waals surface area contributed by atoms with Gasteiger partial charge in [-0.15, -0.1) is 0 Å². The van der Waals surface area contributed by atoms with E-state index in [1.54, 1.807) is 24.3 Å². The summed E-state index contributed by atoms with van der Waals surface area (Å²) >= 11 is 0. The van der Waals surface area contributed by atoms with E-state index in [9.17, 15) is 9.90 Å². The third-order valence-electron chi connectivity index (χ3n) is 3.14. The summed E-state index contributed by atoms with van der Waals surface area (Å²) < 4.78 is 15.6. The van der Waals surface area contributed by atoms with Crippen molar-refractivity contribution in [1.29, 1.82) is 0 Å². The number of benzene rings is 2. The van der Waals surface area contributed by atoms with Crippen LogP contribution in [0.1, 0.15) is 10.4 Å². The Hall–Kier alpha value is -2.69. The van der Waals surface area contributed by atoms with Crippen molar-refractivity contribution in [3.8, 4) is 28.4 Å². The zero-order valence-corrected chi connectivity index (χ0v) is 10.8. The van der Waals surface area contributed by atoms with Crippen molar-refractivity contribution in [2.75, 3.05) is 13.9 Å². The third kappa shape index (κ3) is 2.03. The summed E-state index contributed by atoms with van der Waals surface area (Å²) in [6.45, 7) is 0.188. The number of carbonyl (C=O) groups is 1. The van der Waals surface area contributed by atoms with Gasteiger partial charge in [-0.25, -0.2) is 4.79 Å². The van der Waals surface area contributed by atoms with E-state index < -0.39 is 5.97 Å². The zero-order valence-electron chi connectivity index (χ0n) is 10.8. The Kier molecular flexibility index (Phi) is 2.95. The molecular weight excluding hydrogens is 260 g/mol. The normalized spacial score (nSPS) is 12.2. The van der Waals surface area contributed by atoms with Crippen LogP contribution in [0.3, 0.4) is 0 Å². The Morgan fingerprint density at radius 3 is 2.70 bits per heavy atom. The summed E-state index contributed by atoms with van der Waals surface area (Å²) in [7, 11) is 1.50. The first kappa shape index (κ1) is 12.3. The maximum Gasteiger partial charge on any atom is 0.336 e. The summed E-state index contributed by atoms with van der Waals surface area (Å²) in [5, 5.41) is 9.33. The first-order chi connectivity index (χ1) is 9.69. The summed E-state index contributed by atoms with van der Waals surface area (Å²) in [6.07, 6.45) is 0. The SMILES string of the molecule is COc1ccc(-c2ccc3c(c2)OCO3)c(C(=O)O)c1. The van der Waals surface area contributed by atoms with Crippen LogP contribution < -0.4 is 14.2 Å². The summed E-state index contributed by atoms with van der Waals surface area (Å²) in [6, 6.07) is 10.3. The standard InChI is InChI=1S/C15H12O5/c1-18-10-3-4-11(12(7-10)15(16)17)9-2-5-13-14(6-9)20-8-19-13/h2-7H,8H2,1H3,(H,16,17). The highest BCUT2D eigenvalue weighted by molar-refractivity contribution is 5.96. The molecule has 2 aromatic rings. The number of ether oxygens (including phenoxy) is 3. The van der Waals surface area contributed by atoms with E-state index in [4.69, 9.17) is 14.2 Å². The largest absolute Gasteiger partial charge is 0.497 e. The maximum atomic E-state index is 11.4. The Balaban J connectivity index is 2.11. The molecule has 20 heavy (non-hydrogen) atoms. The minimum atomic E-state index is -1.00. The van der Waals surface area contributed by atoms with E-state index in [1.807, 2.05) is 6.07 Å². The van der Waals surface area contributed by atoms with Crippen LogP contribution in [0.25, 0.3) is 11.1 Å². The van der Waals surface area contributed by atoms with Gasteiger partial charge in [-0.05, 0) is 41.5 Å². The van der Waals surface area contributed by atoms with Gasteiger partial charge in [-0.3, -0.25) is 0 Å². The molecule has 0 atom stereocenters. The average Bonchev–Trinajstić information content (AvgIpc) is 2.93. The van der Waals surface area contributed by atoms with Gasteiger partial charge in [0.15, 0.2) is 11.5 Å². The first-order valence-electron chi connectivity index (χ1n) is 6.00. The molecule has 0 saturated carbocycles. The molecule has 0 aromatic heterocycles. The molecular formula is C15H12O5. The van der Waals surface area contributed by atoms with Gasteiger partial charge in [0.2, 0.25) is 6.79 Å². The lowest BCUT2D eigenvalue weighted by molar-refractivity contribution is 0.0697. The number of methoxy groups -OCH3 is 1. The number of carboxylic acid groups (broad SMARTS) is 1. The van der Waals surface area contributed by atoms with E-state index in [-0.39, 0.29) is 12.4 Å². The molecule has 1 aliphatic heterocycles. The van der Waals surface area contributed by atoms with Crippen LogP contribution in [0.15, 0.2) is 36.4 Å². The van der Waals surface area contributed by atoms with Crippen LogP contribution in [0, 0.1) is 0 Å². The van der Waals surface area contributed by atoms with E-state index >= 15 is 0 Å². The molecule has 2 aromatic carbocycles. The maximum absolute atomic E-state index is 11.4. The third-order valence-corrected chi connectivity index (χ3v) is 3.14. The second kappa shape index (κ2) is 4.77. The average molecular weight is 272 g/mol. The van der Waals surface area contributed by atoms with Crippen molar-refractivity contribution in [1.82, 2.24) is 0 Å². The van der Waals surface area contributed by atoms with Crippen LogP contribution in [-0.2, 0) is 0 Å². The highest BCUT2D eigenvalue weighted by atomic mass is 16.7. The highest BCUT2D eigenvalue weighted by Gasteiger charge is 2.17. The van der Waals surface area contributed by atoms with Crippen LogP contribution in [0.2, 0.25) is 0 Å². The molecule has 0 amide bonds. The predicted molar refractivity (Wildman–Crippen MR) is 71.5 cm³/mol. The van der Waals surface area contributed by atoms with Gasteiger partial charge in [0.1, 0.15) is 5.75 Å². The molecule has 102 valence electrons. The topological polar surface area (TPSA) is 65.0 Å². The van der Waals surface area contributed by atoms with Crippen LogP contribution in [0.5, 0.6) is 17.2 Å². The molecule has 0 fully saturated rings. The Morgan fingerprint density at radius 2 is 1.95 bits per heavy atom. The zero-order chi connectivity index (χ0) is 14.1. The second-order valence-electron chi connectivity index (χ2n) is 4.28. The van der Waals surface area contributed by atoms with E-state index in [2.05, 4.69) is 0 Å². The number of aromatic carboxylic acids is 1. The lowest BCUT2D eigenvalue weighted by Crippen LogP contribution is -2.00. The van der Waals surface area contributed by atoms with Crippen LogP contribution >= 0.6 is 0 Å². The van der Waals surface area contributed by atoms with Gasteiger partial charge in [-0.2, -0.15) is 0 Å². The summed E-state index contributed by atoms with van der Waals surface area (Å²) in [5.41, 5.74) is 1.55. The molecule has 5 nitrogen and oxygen atoms in total. The smallest absolute Gasteiger partial charge is 0.336 e. The monoisotopic (exact) mass is 272 g/mol. The molecule has 3 rings (SSSR count). The highest BCUT2D eigenvalue weighted by Crippen LogP contribution is 2.37. The molecule has 1 heterocycles. The second-order valence-corrected chi connectivity index (χ2v) is 4.28. The molecule has 0 unspecified atom stereocenters. The number of carboxylic acids is 1. The Bertz CT molecular complexity index is 678. The van der Waals surface area contributed by atoms with Crippen molar-refractivity contribution in [3.05, 3.63) is 42.0 Å². The lowest BCUT2D eigenvalue weighted by Gasteiger charge is -2.09.